The van der Waals surface area contributed by atoms with Crippen LogP contribution in [0.2, 0.25) is 0 Å². The van der Waals surface area contributed by atoms with Crippen LogP contribution in [0.5, 0.6) is 0 Å². The Morgan fingerprint density at radius 1 is 1.17 bits per heavy atom. The molecule has 0 bridgehead atoms. The van der Waals surface area contributed by atoms with E-state index in [4.69, 9.17) is 0 Å². The molecule has 70 valence electrons. The Morgan fingerprint density at radius 3 is 2.08 bits per heavy atom. The minimum absolute atomic E-state index is 0.209. The normalized spacial score (nSPS) is 20.9. The molecule has 1 heterocycles. The molecule has 12 heavy (non-hydrogen) atoms. The van der Waals surface area contributed by atoms with Gasteiger partial charge in [-0.3, -0.25) is 4.90 Å². The Bertz CT molecular complexity index is 164. The molecule has 0 unspecified atom stereocenters. The summed E-state index contributed by atoms with van der Waals surface area (Å²) in [4.78, 5) is 2.55. The highest BCUT2D eigenvalue weighted by atomic mass is 15.2. The van der Waals surface area contributed by atoms with Gasteiger partial charge >= 0.3 is 0 Å². The van der Waals surface area contributed by atoms with Gasteiger partial charge in [-0.15, -0.1) is 0 Å². The summed E-state index contributed by atoms with van der Waals surface area (Å²) in [5.74, 6) is 0. The van der Waals surface area contributed by atoms with Crippen molar-refractivity contribution in [1.82, 2.24) is 4.90 Å². The van der Waals surface area contributed by atoms with Crippen molar-refractivity contribution in [2.45, 2.75) is 45.6 Å². The summed E-state index contributed by atoms with van der Waals surface area (Å²) in [6.45, 7) is 13.3. The van der Waals surface area contributed by atoms with Crippen molar-refractivity contribution in [2.24, 2.45) is 0 Å². The van der Waals surface area contributed by atoms with Crippen molar-refractivity contribution in [3.05, 3.63) is 12.2 Å². The molecule has 0 aromatic rings. The molecule has 0 aromatic heterocycles. The van der Waals surface area contributed by atoms with Gasteiger partial charge < -0.3 is 0 Å². The van der Waals surface area contributed by atoms with E-state index in [1.807, 2.05) is 0 Å². The quantitative estimate of drug-likeness (QED) is 0.572. The molecule has 0 saturated carbocycles. The molecule has 0 aromatic carbocycles. The molecule has 1 rings (SSSR count). The third-order valence-electron chi connectivity index (χ3n) is 3.19. The maximum absolute atomic E-state index is 4.06. The van der Waals surface area contributed by atoms with E-state index >= 15 is 0 Å². The van der Waals surface area contributed by atoms with E-state index in [0.717, 1.165) is 0 Å². The van der Waals surface area contributed by atoms with Crippen LogP contribution in [0.3, 0.4) is 0 Å². The van der Waals surface area contributed by atoms with Crippen LogP contribution in [0, 0.1) is 0 Å². The summed E-state index contributed by atoms with van der Waals surface area (Å²) in [6, 6.07) is 0. The SMILES string of the molecule is C=C(C)C(C)(C)N1CCCCC1. The third-order valence-corrected chi connectivity index (χ3v) is 3.19. The van der Waals surface area contributed by atoms with Crippen molar-refractivity contribution >= 4 is 0 Å². The lowest BCUT2D eigenvalue weighted by molar-refractivity contribution is 0.124. The summed E-state index contributed by atoms with van der Waals surface area (Å²) < 4.78 is 0. The average Bonchev–Trinajstić information content (AvgIpc) is 2.06. The maximum Gasteiger partial charge on any atom is 0.0358 e. The van der Waals surface area contributed by atoms with E-state index in [1.165, 1.54) is 37.9 Å². The van der Waals surface area contributed by atoms with Gasteiger partial charge in [0.05, 0.1) is 0 Å². The lowest BCUT2D eigenvalue weighted by atomic mass is 9.92. The van der Waals surface area contributed by atoms with Gasteiger partial charge in [0.1, 0.15) is 0 Å². The number of piperidine rings is 1. The zero-order chi connectivity index (χ0) is 9.19. The minimum Gasteiger partial charge on any atom is -0.295 e. The topological polar surface area (TPSA) is 3.24 Å². The molecule has 1 nitrogen and oxygen atoms in total. The van der Waals surface area contributed by atoms with Gasteiger partial charge in [-0.25, -0.2) is 0 Å². The highest BCUT2D eigenvalue weighted by Crippen LogP contribution is 2.25. The van der Waals surface area contributed by atoms with Gasteiger partial charge in [-0.05, 0) is 46.7 Å². The number of hydrogen-bond acceptors (Lipinski definition) is 1. The van der Waals surface area contributed by atoms with Crippen molar-refractivity contribution in [2.75, 3.05) is 13.1 Å². The smallest absolute Gasteiger partial charge is 0.0358 e. The Labute approximate surface area is 76.5 Å². The summed E-state index contributed by atoms with van der Waals surface area (Å²) in [5.41, 5.74) is 1.49. The molecule has 1 aliphatic rings. The lowest BCUT2D eigenvalue weighted by Gasteiger charge is -2.41. The first-order chi connectivity index (χ1) is 5.55. The first kappa shape index (κ1) is 9.79. The molecular weight excluding hydrogens is 146 g/mol. The second-order valence-corrected chi connectivity index (χ2v) is 4.39. The summed E-state index contributed by atoms with van der Waals surface area (Å²) in [5, 5.41) is 0. The lowest BCUT2D eigenvalue weighted by Crippen LogP contribution is -2.47. The minimum atomic E-state index is 0.209. The van der Waals surface area contributed by atoms with Gasteiger partial charge in [0, 0.05) is 5.54 Å². The predicted octanol–water partition coefficient (Wildman–Crippen LogP) is 2.83. The predicted molar refractivity (Wildman–Crippen MR) is 54.3 cm³/mol. The van der Waals surface area contributed by atoms with E-state index in [-0.39, 0.29) is 5.54 Å². The van der Waals surface area contributed by atoms with Crippen LogP contribution in [0.15, 0.2) is 12.2 Å². The van der Waals surface area contributed by atoms with Gasteiger partial charge in [0.25, 0.3) is 0 Å². The van der Waals surface area contributed by atoms with Crippen LogP contribution < -0.4 is 0 Å². The van der Waals surface area contributed by atoms with Crippen LogP contribution in [0.25, 0.3) is 0 Å². The monoisotopic (exact) mass is 167 g/mol. The van der Waals surface area contributed by atoms with Crippen LogP contribution in [0.1, 0.15) is 40.0 Å². The summed E-state index contributed by atoms with van der Waals surface area (Å²) >= 11 is 0. The van der Waals surface area contributed by atoms with Crippen LogP contribution in [0.4, 0.5) is 0 Å². The standard InChI is InChI=1S/C11H21N/c1-10(2)11(3,4)12-8-6-5-7-9-12/h1,5-9H2,2-4H3. The fourth-order valence-electron chi connectivity index (χ4n) is 1.72. The first-order valence-corrected chi connectivity index (χ1v) is 4.96. The van der Waals surface area contributed by atoms with Gasteiger partial charge in [0.15, 0.2) is 0 Å². The zero-order valence-electron chi connectivity index (χ0n) is 8.69. The average molecular weight is 167 g/mol. The van der Waals surface area contributed by atoms with E-state index in [0.29, 0.717) is 0 Å². The molecule has 0 aliphatic carbocycles. The van der Waals surface area contributed by atoms with Crippen LogP contribution >= 0.6 is 0 Å². The molecule has 1 heteroatoms. The molecule has 1 saturated heterocycles. The highest BCUT2D eigenvalue weighted by Gasteiger charge is 2.27. The summed E-state index contributed by atoms with van der Waals surface area (Å²) in [7, 11) is 0. The Hall–Kier alpha value is -0.300. The van der Waals surface area contributed by atoms with Crippen LogP contribution in [-0.2, 0) is 0 Å². The molecule has 0 radical (unpaired) electrons. The second-order valence-electron chi connectivity index (χ2n) is 4.39. The largest absolute Gasteiger partial charge is 0.295 e. The Morgan fingerprint density at radius 2 is 1.67 bits per heavy atom. The number of nitrogens with zero attached hydrogens (tertiary/aromatic N) is 1. The third kappa shape index (κ3) is 1.89. The molecule has 1 fully saturated rings. The zero-order valence-corrected chi connectivity index (χ0v) is 8.69. The first-order valence-electron chi connectivity index (χ1n) is 4.96. The molecular formula is C11H21N. The summed E-state index contributed by atoms with van der Waals surface area (Å²) in [6.07, 6.45) is 4.12. The van der Waals surface area contributed by atoms with E-state index in [2.05, 4.69) is 32.3 Å². The van der Waals surface area contributed by atoms with E-state index < -0.39 is 0 Å². The van der Waals surface area contributed by atoms with Crippen molar-refractivity contribution in [3.8, 4) is 0 Å². The number of hydrogen-bond donors (Lipinski definition) is 0. The highest BCUT2D eigenvalue weighted by molar-refractivity contribution is 5.10. The molecule has 1 aliphatic heterocycles. The van der Waals surface area contributed by atoms with Gasteiger partial charge in [0.2, 0.25) is 0 Å². The molecule has 0 atom stereocenters. The fraction of sp³-hybridized carbons (Fsp3) is 0.818. The Kier molecular flexibility index (Phi) is 2.94. The van der Waals surface area contributed by atoms with Crippen molar-refractivity contribution < 1.29 is 0 Å². The maximum atomic E-state index is 4.06. The van der Waals surface area contributed by atoms with Crippen LogP contribution in [-0.4, -0.2) is 23.5 Å². The molecule has 0 spiro atoms. The fourth-order valence-corrected chi connectivity index (χ4v) is 1.72. The Balaban J connectivity index is 2.59. The van der Waals surface area contributed by atoms with Crippen molar-refractivity contribution in [1.29, 1.82) is 0 Å². The van der Waals surface area contributed by atoms with E-state index in [1.54, 1.807) is 0 Å². The molecule has 0 N–H and O–H groups in total. The van der Waals surface area contributed by atoms with Gasteiger partial charge in [-0.2, -0.15) is 0 Å². The molecule has 0 amide bonds. The van der Waals surface area contributed by atoms with E-state index in [9.17, 15) is 0 Å². The van der Waals surface area contributed by atoms with Crippen molar-refractivity contribution in [3.63, 3.8) is 0 Å². The number of likely N-dealkylation sites (tertiary alicyclic amines) is 1. The second kappa shape index (κ2) is 3.61. The number of rotatable bonds is 2. The van der Waals surface area contributed by atoms with Gasteiger partial charge in [-0.1, -0.05) is 18.6 Å².